The van der Waals surface area contributed by atoms with Gasteiger partial charge in [-0.1, -0.05) is 12.1 Å². The molecule has 1 aromatic carbocycles. The van der Waals surface area contributed by atoms with E-state index >= 15 is 0 Å². The van der Waals surface area contributed by atoms with E-state index in [2.05, 4.69) is 10.2 Å². The van der Waals surface area contributed by atoms with Crippen LogP contribution >= 0.6 is 0 Å². The molecule has 2 amide bonds. The van der Waals surface area contributed by atoms with Gasteiger partial charge in [0.05, 0.1) is 6.54 Å². The predicted molar refractivity (Wildman–Crippen MR) is 120 cm³/mol. The fraction of sp³-hybridized carbons (Fsp3) is 0.500. The third kappa shape index (κ3) is 5.06. The highest BCUT2D eigenvalue weighted by molar-refractivity contribution is 5.83. The second-order valence-electron chi connectivity index (χ2n) is 8.71. The van der Waals surface area contributed by atoms with Crippen LogP contribution in [0.15, 0.2) is 24.3 Å². The summed E-state index contributed by atoms with van der Waals surface area (Å²) in [6, 6.07) is 6.62. The molecule has 0 saturated carbocycles. The van der Waals surface area contributed by atoms with Gasteiger partial charge in [-0.2, -0.15) is 0 Å². The molecule has 2 aliphatic rings. The van der Waals surface area contributed by atoms with Crippen LogP contribution in [0.1, 0.15) is 54.7 Å². The second kappa shape index (κ2) is 9.63. The molecule has 1 aromatic heterocycles. The monoisotopic (exact) mass is 439 g/mol. The molecule has 2 aromatic rings. The molecule has 2 aliphatic heterocycles. The van der Waals surface area contributed by atoms with E-state index in [1.54, 1.807) is 4.90 Å². The van der Waals surface area contributed by atoms with Gasteiger partial charge < -0.3 is 15.1 Å². The number of nitrogens with zero attached hydrogens (tertiary/aromatic N) is 4. The van der Waals surface area contributed by atoms with Gasteiger partial charge in [0.25, 0.3) is 0 Å². The summed E-state index contributed by atoms with van der Waals surface area (Å²) in [7, 11) is 0. The molecule has 32 heavy (non-hydrogen) atoms. The highest BCUT2D eigenvalue weighted by atomic mass is 19.1. The van der Waals surface area contributed by atoms with Crippen LogP contribution in [-0.2, 0) is 22.6 Å². The van der Waals surface area contributed by atoms with Gasteiger partial charge in [0.15, 0.2) is 0 Å². The summed E-state index contributed by atoms with van der Waals surface area (Å²) in [5, 5.41) is 2.59. The summed E-state index contributed by atoms with van der Waals surface area (Å²) < 4.78 is 13.3. The predicted octanol–water partition coefficient (Wildman–Crippen LogP) is 2.72. The van der Waals surface area contributed by atoms with E-state index in [4.69, 9.17) is 9.97 Å². The normalized spacial score (nSPS) is 18.3. The van der Waals surface area contributed by atoms with Gasteiger partial charge in [0.1, 0.15) is 17.5 Å². The molecule has 8 heteroatoms. The van der Waals surface area contributed by atoms with Crippen molar-refractivity contribution in [2.24, 2.45) is 0 Å². The van der Waals surface area contributed by atoms with Crippen LogP contribution in [0.3, 0.4) is 0 Å². The average Bonchev–Trinajstić information content (AvgIpc) is 2.79. The number of nitrogens with one attached hydrogen (secondary N) is 1. The lowest BCUT2D eigenvalue weighted by Gasteiger charge is -2.34. The third-order valence-electron chi connectivity index (χ3n) is 6.28. The summed E-state index contributed by atoms with van der Waals surface area (Å²) in [6.07, 6.45) is 3.80. The topological polar surface area (TPSA) is 78.4 Å². The summed E-state index contributed by atoms with van der Waals surface area (Å²) in [5.41, 5.74) is 3.22. The van der Waals surface area contributed by atoms with E-state index in [1.807, 2.05) is 19.1 Å². The molecule has 0 spiro atoms. The van der Waals surface area contributed by atoms with E-state index in [0.717, 1.165) is 55.1 Å². The number of anilines is 1. The molecular weight excluding hydrogens is 409 g/mol. The molecule has 0 aliphatic carbocycles. The number of amides is 2. The number of rotatable bonds is 5. The zero-order valence-corrected chi connectivity index (χ0v) is 18.7. The van der Waals surface area contributed by atoms with Crippen molar-refractivity contribution < 1.29 is 14.0 Å². The maximum Gasteiger partial charge on any atom is 0.241 e. The summed E-state index contributed by atoms with van der Waals surface area (Å²) in [5.74, 6) is 1.31. The van der Waals surface area contributed by atoms with Crippen LogP contribution in [0.5, 0.6) is 0 Å². The van der Waals surface area contributed by atoms with Crippen molar-refractivity contribution in [1.29, 1.82) is 0 Å². The van der Waals surface area contributed by atoms with Crippen molar-refractivity contribution >= 4 is 17.6 Å². The maximum atomic E-state index is 13.3. The number of benzene rings is 1. The Morgan fingerprint density at radius 1 is 1.16 bits per heavy atom. The van der Waals surface area contributed by atoms with E-state index in [1.165, 1.54) is 24.6 Å². The number of aryl methyl sites for hydroxylation is 1. The third-order valence-corrected chi connectivity index (χ3v) is 6.28. The van der Waals surface area contributed by atoms with Crippen molar-refractivity contribution in [2.45, 2.75) is 52.0 Å². The number of likely N-dealkylation sites (tertiary alicyclic amines) is 1. The van der Waals surface area contributed by atoms with Crippen LogP contribution in [0.2, 0.25) is 0 Å². The number of fused-ring (bicyclic) bond motifs is 1. The maximum absolute atomic E-state index is 13.3. The summed E-state index contributed by atoms with van der Waals surface area (Å²) in [6.45, 7) is 6.30. The Morgan fingerprint density at radius 2 is 1.94 bits per heavy atom. The van der Waals surface area contributed by atoms with Crippen molar-refractivity contribution in [3.63, 3.8) is 0 Å². The minimum Gasteiger partial charge on any atom is -0.352 e. The number of halogens is 1. The fourth-order valence-corrected chi connectivity index (χ4v) is 4.58. The number of carbonyl (C=O) groups is 2. The molecule has 7 nitrogen and oxygen atoms in total. The lowest BCUT2D eigenvalue weighted by atomic mass is 9.96. The van der Waals surface area contributed by atoms with Crippen LogP contribution in [-0.4, -0.2) is 52.9 Å². The molecule has 1 unspecified atom stereocenters. The molecule has 170 valence electrons. The highest BCUT2D eigenvalue weighted by Crippen LogP contribution is 2.32. The first kappa shape index (κ1) is 22.2. The first-order valence-corrected chi connectivity index (χ1v) is 11.3. The molecule has 1 atom stereocenters. The lowest BCUT2D eigenvalue weighted by Crippen LogP contribution is -2.44. The molecule has 0 bridgehead atoms. The van der Waals surface area contributed by atoms with Crippen LogP contribution in [0.25, 0.3) is 0 Å². The number of carbonyl (C=O) groups excluding carboxylic acids is 2. The van der Waals surface area contributed by atoms with E-state index in [-0.39, 0.29) is 30.1 Å². The number of aromatic nitrogens is 2. The standard InChI is InChI=1S/C24H30FN5O2/c1-16-21-6-4-12-30(14-18-7-9-20(25)10-8-18)24(21)28-23(27-16)19-5-3-11-29(15-19)22(32)13-26-17(2)31/h7-10,19H,3-6,11-15H2,1-2H3,(H,26,31). The Labute approximate surface area is 188 Å². The van der Waals surface area contributed by atoms with Crippen LogP contribution in [0.4, 0.5) is 10.2 Å². The van der Waals surface area contributed by atoms with Crippen molar-refractivity contribution in [1.82, 2.24) is 20.2 Å². The zero-order valence-electron chi connectivity index (χ0n) is 18.7. The van der Waals surface area contributed by atoms with Gasteiger partial charge in [0.2, 0.25) is 11.8 Å². The molecule has 0 radical (unpaired) electrons. The van der Waals surface area contributed by atoms with Crippen LogP contribution in [0, 0.1) is 12.7 Å². The summed E-state index contributed by atoms with van der Waals surface area (Å²) in [4.78, 5) is 37.5. The Balaban J connectivity index is 1.54. The fourth-order valence-electron chi connectivity index (χ4n) is 4.58. The molecule has 1 fully saturated rings. The average molecular weight is 440 g/mol. The van der Waals surface area contributed by atoms with E-state index in [0.29, 0.717) is 19.6 Å². The van der Waals surface area contributed by atoms with E-state index < -0.39 is 0 Å². The van der Waals surface area contributed by atoms with E-state index in [9.17, 15) is 14.0 Å². The molecule has 4 rings (SSSR count). The van der Waals surface area contributed by atoms with Gasteiger partial charge >= 0.3 is 0 Å². The smallest absolute Gasteiger partial charge is 0.241 e. The number of hydrogen-bond donors (Lipinski definition) is 1. The lowest BCUT2D eigenvalue weighted by molar-refractivity contribution is -0.133. The first-order valence-electron chi connectivity index (χ1n) is 11.3. The molecule has 1 N–H and O–H groups in total. The SMILES string of the molecule is CC(=O)NCC(=O)N1CCCC(c2nc(C)c3c(n2)N(Cc2ccc(F)cc2)CCC3)C1. The Morgan fingerprint density at radius 3 is 2.69 bits per heavy atom. The molecular formula is C24H30FN5O2. The van der Waals surface area contributed by atoms with Crippen molar-refractivity contribution in [3.8, 4) is 0 Å². The molecule has 3 heterocycles. The second-order valence-corrected chi connectivity index (χ2v) is 8.71. The van der Waals surface area contributed by atoms with Gasteiger partial charge in [-0.25, -0.2) is 14.4 Å². The van der Waals surface area contributed by atoms with Gasteiger partial charge in [-0.15, -0.1) is 0 Å². The zero-order chi connectivity index (χ0) is 22.7. The van der Waals surface area contributed by atoms with Gasteiger partial charge in [-0.05, 0) is 50.3 Å². The largest absolute Gasteiger partial charge is 0.352 e. The minimum atomic E-state index is -0.233. The Hall–Kier alpha value is -3.03. The Kier molecular flexibility index (Phi) is 6.67. The highest BCUT2D eigenvalue weighted by Gasteiger charge is 2.29. The molecule has 1 saturated heterocycles. The van der Waals surface area contributed by atoms with Gasteiger partial charge in [-0.3, -0.25) is 9.59 Å². The van der Waals surface area contributed by atoms with Gasteiger partial charge in [0, 0.05) is 50.3 Å². The number of piperidine rings is 1. The quantitative estimate of drug-likeness (QED) is 0.775. The first-order chi connectivity index (χ1) is 15.4. The number of hydrogen-bond acceptors (Lipinski definition) is 5. The van der Waals surface area contributed by atoms with Crippen LogP contribution < -0.4 is 10.2 Å². The minimum absolute atomic E-state index is 0.0254. The van der Waals surface area contributed by atoms with Crippen molar-refractivity contribution in [2.75, 3.05) is 31.1 Å². The van der Waals surface area contributed by atoms with Crippen molar-refractivity contribution in [3.05, 3.63) is 52.7 Å². The Bertz CT molecular complexity index is 995. The summed E-state index contributed by atoms with van der Waals surface area (Å²) >= 11 is 0.